The largest absolute Gasteiger partial charge is 0.381 e. The molecule has 31 heavy (non-hydrogen) atoms. The minimum atomic E-state index is -0.585. The summed E-state index contributed by atoms with van der Waals surface area (Å²) in [5.74, 6) is -0.273. The number of hydrogen-bond donors (Lipinski definition) is 2. The summed E-state index contributed by atoms with van der Waals surface area (Å²) in [6.45, 7) is 1.99. The topological polar surface area (TPSA) is 133 Å². The van der Waals surface area contributed by atoms with E-state index in [2.05, 4.69) is 20.9 Å². The van der Waals surface area contributed by atoms with Crippen molar-refractivity contribution in [2.45, 2.75) is 13.5 Å². The standard InChI is InChI=1S/C22H18N6O3/c1-15(29)25-22-12-18(24-14-16-5-3-2-4-6-16)7-9-21(22)27-26-20-10-8-19(28(30)31)11-17(20)13-23/h2-12,24H,14H2,1H3,(H,25,29)/b27-26+. The molecule has 1 amide bonds. The number of hydrogen-bond acceptors (Lipinski definition) is 7. The summed E-state index contributed by atoms with van der Waals surface area (Å²) in [6.07, 6.45) is 0. The Hall–Kier alpha value is -4.58. The van der Waals surface area contributed by atoms with Gasteiger partial charge in [0.2, 0.25) is 5.91 Å². The fourth-order valence-electron chi connectivity index (χ4n) is 2.75. The quantitative estimate of drug-likeness (QED) is 0.301. The average molecular weight is 414 g/mol. The Kier molecular flexibility index (Phi) is 6.65. The number of azo groups is 1. The summed E-state index contributed by atoms with van der Waals surface area (Å²) in [5.41, 5.74) is 2.71. The number of nitriles is 1. The fourth-order valence-corrected chi connectivity index (χ4v) is 2.75. The molecule has 0 fully saturated rings. The molecule has 3 aromatic carbocycles. The van der Waals surface area contributed by atoms with Gasteiger partial charge < -0.3 is 10.6 Å². The van der Waals surface area contributed by atoms with Crippen molar-refractivity contribution in [2.75, 3.05) is 10.6 Å². The summed E-state index contributed by atoms with van der Waals surface area (Å²) >= 11 is 0. The molecule has 154 valence electrons. The van der Waals surface area contributed by atoms with Crippen molar-refractivity contribution in [1.29, 1.82) is 5.26 Å². The number of nitro benzene ring substituents is 1. The van der Waals surface area contributed by atoms with E-state index in [-0.39, 0.29) is 22.8 Å². The maximum atomic E-state index is 11.6. The third-order valence-corrected chi connectivity index (χ3v) is 4.22. The monoisotopic (exact) mass is 414 g/mol. The maximum Gasteiger partial charge on any atom is 0.270 e. The minimum absolute atomic E-state index is 0.0279. The first kappa shape index (κ1) is 21.1. The first-order chi connectivity index (χ1) is 15.0. The van der Waals surface area contributed by atoms with E-state index in [0.29, 0.717) is 17.9 Å². The van der Waals surface area contributed by atoms with E-state index in [4.69, 9.17) is 0 Å². The molecule has 0 aliphatic heterocycles. The molecule has 0 spiro atoms. The van der Waals surface area contributed by atoms with Crippen molar-refractivity contribution in [3.05, 3.63) is 88.0 Å². The smallest absolute Gasteiger partial charge is 0.270 e. The van der Waals surface area contributed by atoms with Crippen LogP contribution in [0.25, 0.3) is 0 Å². The zero-order valence-electron chi connectivity index (χ0n) is 16.6. The lowest BCUT2D eigenvalue weighted by Crippen LogP contribution is -2.07. The molecule has 3 aromatic rings. The van der Waals surface area contributed by atoms with Gasteiger partial charge in [0.25, 0.3) is 5.69 Å². The molecule has 0 aromatic heterocycles. The minimum Gasteiger partial charge on any atom is -0.381 e. The van der Waals surface area contributed by atoms with Crippen molar-refractivity contribution in [1.82, 2.24) is 0 Å². The van der Waals surface area contributed by atoms with Crippen LogP contribution >= 0.6 is 0 Å². The molecule has 0 aliphatic rings. The summed E-state index contributed by atoms with van der Waals surface area (Å²) in [6, 6.07) is 20.7. The second kappa shape index (κ2) is 9.76. The van der Waals surface area contributed by atoms with Gasteiger partial charge in [0.15, 0.2) is 0 Å². The Morgan fingerprint density at radius 3 is 2.45 bits per heavy atom. The van der Waals surface area contributed by atoms with Crippen LogP contribution in [0.5, 0.6) is 0 Å². The normalized spacial score (nSPS) is 10.5. The number of benzene rings is 3. The number of amides is 1. The van der Waals surface area contributed by atoms with E-state index in [0.717, 1.165) is 17.3 Å². The van der Waals surface area contributed by atoms with Gasteiger partial charge >= 0.3 is 0 Å². The predicted octanol–water partition coefficient (Wildman–Crippen LogP) is 5.45. The molecule has 0 unspecified atom stereocenters. The lowest BCUT2D eigenvalue weighted by atomic mass is 10.2. The van der Waals surface area contributed by atoms with Gasteiger partial charge in [-0.25, -0.2) is 0 Å². The number of carbonyl (C=O) groups is 1. The van der Waals surface area contributed by atoms with E-state index in [1.165, 1.54) is 19.1 Å². The Balaban J connectivity index is 1.85. The van der Waals surface area contributed by atoms with E-state index in [1.54, 1.807) is 18.2 Å². The van der Waals surface area contributed by atoms with Crippen LogP contribution in [0.15, 0.2) is 77.0 Å². The van der Waals surface area contributed by atoms with Crippen LogP contribution in [0.3, 0.4) is 0 Å². The Bertz CT molecular complexity index is 1190. The summed E-state index contributed by atoms with van der Waals surface area (Å²) in [4.78, 5) is 21.9. The number of anilines is 2. The van der Waals surface area contributed by atoms with E-state index in [1.807, 2.05) is 36.4 Å². The van der Waals surface area contributed by atoms with Crippen LogP contribution < -0.4 is 10.6 Å². The number of nitrogens with zero attached hydrogens (tertiary/aromatic N) is 4. The number of non-ortho nitro benzene ring substituents is 1. The third-order valence-electron chi connectivity index (χ3n) is 4.22. The SMILES string of the molecule is CC(=O)Nc1cc(NCc2ccccc2)ccc1/N=N/c1ccc([N+](=O)[O-])cc1C#N. The Morgan fingerprint density at radius 1 is 1.06 bits per heavy atom. The summed E-state index contributed by atoms with van der Waals surface area (Å²) in [5, 5.41) is 34.3. The molecular weight excluding hydrogens is 396 g/mol. The van der Waals surface area contributed by atoms with Crippen LogP contribution in [-0.2, 0) is 11.3 Å². The summed E-state index contributed by atoms with van der Waals surface area (Å²) < 4.78 is 0. The van der Waals surface area contributed by atoms with Gasteiger partial charge in [-0.3, -0.25) is 14.9 Å². The van der Waals surface area contributed by atoms with Gasteiger partial charge in [0, 0.05) is 31.3 Å². The second-order valence-corrected chi connectivity index (χ2v) is 6.52. The highest BCUT2D eigenvalue weighted by atomic mass is 16.6. The fraction of sp³-hybridized carbons (Fsp3) is 0.0909. The van der Waals surface area contributed by atoms with E-state index >= 15 is 0 Å². The predicted molar refractivity (Wildman–Crippen MR) is 117 cm³/mol. The zero-order chi connectivity index (χ0) is 22.2. The Labute approximate surface area is 178 Å². The highest BCUT2D eigenvalue weighted by molar-refractivity contribution is 5.92. The van der Waals surface area contributed by atoms with Crippen molar-refractivity contribution < 1.29 is 9.72 Å². The summed E-state index contributed by atoms with van der Waals surface area (Å²) in [7, 11) is 0. The molecule has 0 aliphatic carbocycles. The van der Waals surface area contributed by atoms with Crippen LogP contribution in [0.4, 0.5) is 28.4 Å². The third kappa shape index (κ3) is 5.71. The second-order valence-electron chi connectivity index (χ2n) is 6.52. The van der Waals surface area contributed by atoms with Gasteiger partial charge in [-0.2, -0.15) is 5.26 Å². The zero-order valence-corrected chi connectivity index (χ0v) is 16.6. The van der Waals surface area contributed by atoms with Crippen molar-refractivity contribution in [2.24, 2.45) is 10.2 Å². The van der Waals surface area contributed by atoms with Crippen molar-refractivity contribution in [3.8, 4) is 6.07 Å². The van der Waals surface area contributed by atoms with Gasteiger partial charge in [-0.05, 0) is 29.8 Å². The van der Waals surface area contributed by atoms with Gasteiger partial charge in [-0.1, -0.05) is 30.3 Å². The molecule has 9 heteroatoms. The first-order valence-corrected chi connectivity index (χ1v) is 9.26. The van der Waals surface area contributed by atoms with E-state index in [9.17, 15) is 20.2 Å². The number of carbonyl (C=O) groups excluding carboxylic acids is 1. The molecule has 0 atom stereocenters. The van der Waals surface area contributed by atoms with E-state index < -0.39 is 4.92 Å². The van der Waals surface area contributed by atoms with Gasteiger partial charge in [0.05, 0.1) is 16.2 Å². The molecule has 0 heterocycles. The molecule has 0 bridgehead atoms. The van der Waals surface area contributed by atoms with Crippen molar-refractivity contribution in [3.63, 3.8) is 0 Å². The highest BCUT2D eigenvalue weighted by Crippen LogP contribution is 2.32. The van der Waals surface area contributed by atoms with Crippen LogP contribution in [0.1, 0.15) is 18.1 Å². The van der Waals surface area contributed by atoms with Crippen LogP contribution in [0, 0.1) is 21.4 Å². The molecule has 0 saturated carbocycles. The molecular formula is C22H18N6O3. The van der Waals surface area contributed by atoms with Crippen LogP contribution in [0.2, 0.25) is 0 Å². The maximum absolute atomic E-state index is 11.6. The molecule has 9 nitrogen and oxygen atoms in total. The molecule has 3 rings (SSSR count). The average Bonchev–Trinajstić information content (AvgIpc) is 2.77. The van der Waals surface area contributed by atoms with Gasteiger partial charge in [-0.15, -0.1) is 10.2 Å². The molecule has 2 N–H and O–H groups in total. The van der Waals surface area contributed by atoms with Gasteiger partial charge in [0.1, 0.15) is 17.4 Å². The number of nitrogens with one attached hydrogen (secondary N) is 2. The number of nitro groups is 1. The van der Waals surface area contributed by atoms with Crippen molar-refractivity contribution >= 4 is 34.3 Å². The molecule has 0 radical (unpaired) electrons. The number of rotatable bonds is 7. The van der Waals surface area contributed by atoms with Crippen LogP contribution in [-0.4, -0.2) is 10.8 Å². The lowest BCUT2D eigenvalue weighted by Gasteiger charge is -2.11. The molecule has 0 saturated heterocycles. The highest BCUT2D eigenvalue weighted by Gasteiger charge is 2.11. The Morgan fingerprint density at radius 2 is 1.77 bits per heavy atom. The first-order valence-electron chi connectivity index (χ1n) is 9.26. The lowest BCUT2D eigenvalue weighted by molar-refractivity contribution is -0.384.